The van der Waals surface area contributed by atoms with E-state index in [-0.39, 0.29) is 24.4 Å². The van der Waals surface area contributed by atoms with E-state index in [1.807, 2.05) is 31.2 Å². The van der Waals surface area contributed by atoms with Gasteiger partial charge >= 0.3 is 0 Å². The second-order valence-corrected chi connectivity index (χ2v) is 6.55. The molecule has 2 rings (SSSR count). The molecule has 0 radical (unpaired) electrons. The van der Waals surface area contributed by atoms with Crippen LogP contribution in [-0.2, 0) is 4.79 Å². The molecule has 1 aliphatic rings. The van der Waals surface area contributed by atoms with E-state index in [0.29, 0.717) is 18.3 Å². The molecule has 1 amide bonds. The Morgan fingerprint density at radius 2 is 1.86 bits per heavy atom. The summed E-state index contributed by atoms with van der Waals surface area (Å²) in [6.45, 7) is 6.37. The van der Waals surface area contributed by atoms with E-state index in [1.165, 1.54) is 12.8 Å². The van der Waals surface area contributed by atoms with Gasteiger partial charge in [0.1, 0.15) is 0 Å². The molecule has 0 aromatic heterocycles. The van der Waals surface area contributed by atoms with Crippen LogP contribution in [0.1, 0.15) is 44.7 Å². The molecule has 1 aromatic rings. The van der Waals surface area contributed by atoms with Crippen molar-refractivity contribution in [2.75, 3.05) is 13.1 Å². The summed E-state index contributed by atoms with van der Waals surface area (Å²) >= 11 is 5.88. The van der Waals surface area contributed by atoms with Crippen LogP contribution in [0.3, 0.4) is 0 Å². The van der Waals surface area contributed by atoms with Crippen LogP contribution in [0.4, 0.5) is 0 Å². The second kappa shape index (κ2) is 9.39. The van der Waals surface area contributed by atoms with Gasteiger partial charge in [-0.15, -0.1) is 12.4 Å². The molecule has 0 aliphatic carbocycles. The predicted molar refractivity (Wildman–Crippen MR) is 94.6 cm³/mol. The quantitative estimate of drug-likeness (QED) is 0.848. The van der Waals surface area contributed by atoms with Crippen LogP contribution in [0, 0.1) is 11.8 Å². The zero-order valence-electron chi connectivity index (χ0n) is 13.3. The highest BCUT2D eigenvalue weighted by molar-refractivity contribution is 6.30. The Morgan fingerprint density at radius 3 is 2.45 bits per heavy atom. The van der Waals surface area contributed by atoms with E-state index in [2.05, 4.69) is 17.6 Å². The molecule has 1 aliphatic heterocycles. The Morgan fingerprint density at radius 1 is 1.27 bits per heavy atom. The molecule has 1 fully saturated rings. The fourth-order valence-electron chi connectivity index (χ4n) is 3.01. The first-order valence-corrected chi connectivity index (χ1v) is 8.19. The predicted octanol–water partition coefficient (Wildman–Crippen LogP) is 3.96. The fraction of sp³-hybridized carbons (Fsp3) is 0.588. The van der Waals surface area contributed by atoms with E-state index in [0.717, 1.165) is 23.7 Å². The van der Waals surface area contributed by atoms with E-state index in [1.54, 1.807) is 0 Å². The first-order chi connectivity index (χ1) is 10.1. The average molecular weight is 345 g/mol. The number of benzene rings is 1. The number of hydrogen-bond acceptors (Lipinski definition) is 2. The van der Waals surface area contributed by atoms with Crippen molar-refractivity contribution in [3.63, 3.8) is 0 Å². The Hall–Kier alpha value is -0.770. The van der Waals surface area contributed by atoms with Gasteiger partial charge in [-0.1, -0.05) is 30.7 Å². The number of carbonyl (C=O) groups excluding carboxylic acids is 1. The molecule has 124 valence electrons. The van der Waals surface area contributed by atoms with Gasteiger partial charge in [-0.2, -0.15) is 0 Å². The van der Waals surface area contributed by atoms with Crippen LogP contribution in [0.5, 0.6) is 0 Å². The Kier molecular flexibility index (Phi) is 8.23. The van der Waals surface area contributed by atoms with Gasteiger partial charge in [0.25, 0.3) is 0 Å². The minimum absolute atomic E-state index is 0. The van der Waals surface area contributed by atoms with Crippen LogP contribution in [0.2, 0.25) is 5.02 Å². The van der Waals surface area contributed by atoms with Crippen molar-refractivity contribution in [1.29, 1.82) is 0 Å². The van der Waals surface area contributed by atoms with Gasteiger partial charge in [-0.3, -0.25) is 4.79 Å². The maximum Gasteiger partial charge on any atom is 0.220 e. The number of piperidine rings is 1. The summed E-state index contributed by atoms with van der Waals surface area (Å²) in [6, 6.07) is 7.66. The smallest absolute Gasteiger partial charge is 0.220 e. The molecule has 2 unspecified atom stereocenters. The van der Waals surface area contributed by atoms with Crippen LogP contribution < -0.4 is 10.6 Å². The molecule has 5 heteroatoms. The van der Waals surface area contributed by atoms with E-state index < -0.39 is 0 Å². The van der Waals surface area contributed by atoms with E-state index in [9.17, 15) is 4.79 Å². The minimum Gasteiger partial charge on any atom is -0.350 e. The lowest BCUT2D eigenvalue weighted by molar-refractivity contribution is -0.123. The number of halogens is 2. The molecule has 2 atom stereocenters. The second-order valence-electron chi connectivity index (χ2n) is 6.11. The third-order valence-corrected chi connectivity index (χ3v) is 4.70. The molecular weight excluding hydrogens is 319 g/mol. The first-order valence-electron chi connectivity index (χ1n) is 7.82. The van der Waals surface area contributed by atoms with Crippen molar-refractivity contribution < 1.29 is 4.79 Å². The normalized spacial score (nSPS) is 18.1. The summed E-state index contributed by atoms with van der Waals surface area (Å²) in [6.07, 6.45) is 2.98. The van der Waals surface area contributed by atoms with Crippen molar-refractivity contribution in [3.8, 4) is 0 Å². The van der Waals surface area contributed by atoms with E-state index >= 15 is 0 Å². The monoisotopic (exact) mass is 344 g/mol. The summed E-state index contributed by atoms with van der Waals surface area (Å²) in [4.78, 5) is 12.2. The average Bonchev–Trinajstić information content (AvgIpc) is 2.48. The highest BCUT2D eigenvalue weighted by atomic mass is 35.5. The summed E-state index contributed by atoms with van der Waals surface area (Å²) in [7, 11) is 0. The topological polar surface area (TPSA) is 41.1 Å². The number of carbonyl (C=O) groups is 1. The molecule has 0 spiro atoms. The largest absolute Gasteiger partial charge is 0.350 e. The van der Waals surface area contributed by atoms with Gasteiger partial charge in [0.2, 0.25) is 5.91 Å². The Labute approximate surface area is 144 Å². The Balaban J connectivity index is 0.00000242. The number of nitrogens with one attached hydrogen (secondary N) is 2. The van der Waals surface area contributed by atoms with E-state index in [4.69, 9.17) is 11.6 Å². The standard InChI is InChI=1S/C17H25ClN2O.ClH/c1-12(14-7-9-19-10-8-14)11-17(21)20-13(2)15-3-5-16(18)6-4-15;/h3-6,12-14,19H,7-11H2,1-2H3,(H,20,21);1H. The molecule has 0 saturated carbocycles. The minimum atomic E-state index is 0. The summed E-state index contributed by atoms with van der Waals surface area (Å²) in [5.41, 5.74) is 1.09. The van der Waals surface area contributed by atoms with Crippen LogP contribution in [0.15, 0.2) is 24.3 Å². The van der Waals surface area contributed by atoms with Crippen LogP contribution in [0.25, 0.3) is 0 Å². The lowest BCUT2D eigenvalue weighted by Crippen LogP contribution is -2.34. The lowest BCUT2D eigenvalue weighted by atomic mass is 9.84. The lowest BCUT2D eigenvalue weighted by Gasteiger charge is -2.28. The van der Waals surface area contributed by atoms with Gasteiger partial charge < -0.3 is 10.6 Å². The zero-order chi connectivity index (χ0) is 15.2. The fourth-order valence-corrected chi connectivity index (χ4v) is 3.13. The van der Waals surface area contributed by atoms with Gasteiger partial charge in [0.05, 0.1) is 6.04 Å². The zero-order valence-corrected chi connectivity index (χ0v) is 14.8. The first kappa shape index (κ1) is 19.3. The summed E-state index contributed by atoms with van der Waals surface area (Å²) in [5.74, 6) is 1.26. The number of amides is 1. The SMILES string of the molecule is CC(NC(=O)CC(C)C1CCNCC1)c1ccc(Cl)cc1.Cl. The molecule has 0 bridgehead atoms. The summed E-state index contributed by atoms with van der Waals surface area (Å²) < 4.78 is 0. The van der Waals surface area contributed by atoms with Crippen LogP contribution >= 0.6 is 24.0 Å². The summed E-state index contributed by atoms with van der Waals surface area (Å²) in [5, 5.41) is 7.18. The highest BCUT2D eigenvalue weighted by Crippen LogP contribution is 2.24. The third kappa shape index (κ3) is 5.79. The maximum absolute atomic E-state index is 12.2. The molecule has 1 heterocycles. The molecule has 22 heavy (non-hydrogen) atoms. The molecular formula is C17H26Cl2N2O. The number of hydrogen-bond donors (Lipinski definition) is 2. The molecule has 3 nitrogen and oxygen atoms in total. The molecule has 2 N–H and O–H groups in total. The maximum atomic E-state index is 12.2. The molecule has 1 saturated heterocycles. The van der Waals surface area contributed by atoms with Crippen molar-refractivity contribution in [3.05, 3.63) is 34.9 Å². The van der Waals surface area contributed by atoms with Crippen molar-refractivity contribution >= 4 is 29.9 Å². The van der Waals surface area contributed by atoms with Crippen molar-refractivity contribution in [2.24, 2.45) is 11.8 Å². The van der Waals surface area contributed by atoms with Gasteiger partial charge in [-0.25, -0.2) is 0 Å². The van der Waals surface area contributed by atoms with Crippen molar-refractivity contribution in [1.82, 2.24) is 10.6 Å². The van der Waals surface area contributed by atoms with Gasteiger partial charge in [0, 0.05) is 11.4 Å². The van der Waals surface area contributed by atoms with Gasteiger partial charge in [-0.05, 0) is 62.4 Å². The van der Waals surface area contributed by atoms with Crippen LogP contribution in [-0.4, -0.2) is 19.0 Å². The Bertz CT molecular complexity index is 458. The molecule has 1 aromatic carbocycles. The van der Waals surface area contributed by atoms with Crippen molar-refractivity contribution in [2.45, 2.75) is 39.2 Å². The number of rotatable bonds is 5. The highest BCUT2D eigenvalue weighted by Gasteiger charge is 2.22. The van der Waals surface area contributed by atoms with Gasteiger partial charge in [0.15, 0.2) is 0 Å². The third-order valence-electron chi connectivity index (χ3n) is 4.44.